The molecule has 0 N–H and O–H groups in total. The maximum atomic E-state index is 14.0. The number of rotatable bonds is 5. The minimum atomic E-state index is -0.700. The summed E-state index contributed by atoms with van der Waals surface area (Å²) in [6, 6.07) is 3.39. The second-order valence-corrected chi connectivity index (χ2v) is 5.92. The summed E-state index contributed by atoms with van der Waals surface area (Å²) in [6.07, 6.45) is 10.2. The van der Waals surface area contributed by atoms with Crippen molar-refractivity contribution in [1.29, 1.82) is 0 Å². The zero-order valence-corrected chi connectivity index (χ0v) is 12.5. The van der Waals surface area contributed by atoms with E-state index < -0.39 is 11.6 Å². The fraction of sp³-hybridized carbons (Fsp3) is 0.556. The first-order valence-corrected chi connectivity index (χ1v) is 7.77. The Kier molecular flexibility index (Phi) is 5.33. The highest BCUT2D eigenvalue weighted by Crippen LogP contribution is 2.34. The van der Waals surface area contributed by atoms with Gasteiger partial charge in [-0.05, 0) is 43.2 Å². The van der Waals surface area contributed by atoms with Gasteiger partial charge in [0.15, 0.2) is 11.6 Å². The molecule has 0 radical (unpaired) electrons. The average molecular weight is 278 g/mol. The lowest BCUT2D eigenvalue weighted by Crippen LogP contribution is -2.07. The second kappa shape index (κ2) is 7.01. The van der Waals surface area contributed by atoms with Crippen molar-refractivity contribution in [3.05, 3.63) is 41.0 Å². The molecule has 0 fully saturated rings. The molecule has 1 aromatic rings. The Bertz CT molecular complexity index is 488. The van der Waals surface area contributed by atoms with Gasteiger partial charge in [-0.15, -0.1) is 0 Å². The van der Waals surface area contributed by atoms with E-state index in [2.05, 4.69) is 13.0 Å². The molecule has 20 heavy (non-hydrogen) atoms. The fourth-order valence-corrected chi connectivity index (χ4v) is 2.97. The van der Waals surface area contributed by atoms with E-state index in [9.17, 15) is 8.78 Å². The molecular formula is C18H24F2. The molecule has 1 atom stereocenters. The Hall–Kier alpha value is -1.18. The van der Waals surface area contributed by atoms with E-state index in [4.69, 9.17) is 0 Å². The van der Waals surface area contributed by atoms with E-state index >= 15 is 0 Å². The Balaban J connectivity index is 2.03. The lowest BCUT2D eigenvalue weighted by atomic mass is 9.83. The monoisotopic (exact) mass is 278 g/mol. The third-order valence-corrected chi connectivity index (χ3v) is 4.36. The quantitative estimate of drug-likeness (QED) is 0.576. The molecule has 0 heterocycles. The van der Waals surface area contributed by atoms with Gasteiger partial charge in [0.05, 0.1) is 0 Å². The first-order chi connectivity index (χ1) is 9.63. The predicted octanol–water partition coefficient (Wildman–Crippen LogP) is 6.04. The van der Waals surface area contributed by atoms with Gasteiger partial charge in [-0.2, -0.15) is 0 Å². The minimum absolute atomic E-state index is 0.375. The van der Waals surface area contributed by atoms with Crippen LogP contribution < -0.4 is 0 Å². The van der Waals surface area contributed by atoms with Crippen molar-refractivity contribution < 1.29 is 8.78 Å². The number of aryl methyl sites for hydroxylation is 1. The van der Waals surface area contributed by atoms with E-state index in [1.54, 1.807) is 19.1 Å². The summed E-state index contributed by atoms with van der Waals surface area (Å²) in [5.41, 5.74) is 1.81. The zero-order valence-electron chi connectivity index (χ0n) is 12.5. The lowest BCUT2D eigenvalue weighted by molar-refractivity contribution is 0.427. The van der Waals surface area contributed by atoms with Gasteiger partial charge in [-0.25, -0.2) is 8.78 Å². The summed E-state index contributed by atoms with van der Waals surface area (Å²) in [5.74, 6) is -0.655. The van der Waals surface area contributed by atoms with Gasteiger partial charge < -0.3 is 0 Å². The molecule has 0 aliphatic heterocycles. The summed E-state index contributed by atoms with van der Waals surface area (Å²) in [5, 5.41) is 0. The first-order valence-electron chi connectivity index (χ1n) is 7.77. The Morgan fingerprint density at radius 3 is 2.60 bits per heavy atom. The number of benzene rings is 1. The highest BCUT2D eigenvalue weighted by molar-refractivity contribution is 5.67. The molecule has 0 spiro atoms. The van der Waals surface area contributed by atoms with Gasteiger partial charge in [0.2, 0.25) is 0 Å². The van der Waals surface area contributed by atoms with E-state index in [1.165, 1.54) is 25.7 Å². The van der Waals surface area contributed by atoms with Gasteiger partial charge >= 0.3 is 0 Å². The number of hydrogen-bond donors (Lipinski definition) is 0. The molecule has 1 unspecified atom stereocenters. The fourth-order valence-electron chi connectivity index (χ4n) is 2.97. The molecule has 2 heteroatoms. The molecule has 0 aromatic heterocycles. The third kappa shape index (κ3) is 3.47. The van der Waals surface area contributed by atoms with Gasteiger partial charge in [0.1, 0.15) is 0 Å². The lowest BCUT2D eigenvalue weighted by Gasteiger charge is -2.22. The van der Waals surface area contributed by atoms with Gasteiger partial charge in [0, 0.05) is 5.56 Å². The molecular weight excluding hydrogens is 254 g/mol. The maximum Gasteiger partial charge on any atom is 0.166 e. The molecule has 0 amide bonds. The second-order valence-electron chi connectivity index (χ2n) is 5.92. The smallest absolute Gasteiger partial charge is 0.166 e. The average Bonchev–Trinajstić information content (AvgIpc) is 2.46. The van der Waals surface area contributed by atoms with Crippen LogP contribution in [-0.2, 0) is 0 Å². The molecule has 0 nitrogen and oxygen atoms in total. The Morgan fingerprint density at radius 1 is 1.15 bits per heavy atom. The molecule has 110 valence electrons. The van der Waals surface area contributed by atoms with Crippen LogP contribution in [0.15, 0.2) is 18.2 Å². The third-order valence-electron chi connectivity index (χ3n) is 4.36. The number of unbranched alkanes of at least 4 members (excludes halogenated alkanes) is 2. The van der Waals surface area contributed by atoms with Crippen LogP contribution in [0.25, 0.3) is 5.57 Å². The number of allylic oxidation sites excluding steroid dienone is 2. The Labute approximate surface area is 120 Å². The van der Waals surface area contributed by atoms with Crippen molar-refractivity contribution in [3.63, 3.8) is 0 Å². The van der Waals surface area contributed by atoms with Crippen molar-refractivity contribution in [2.45, 2.75) is 58.8 Å². The predicted molar refractivity (Wildman–Crippen MR) is 80.6 cm³/mol. The van der Waals surface area contributed by atoms with Crippen LogP contribution in [0.1, 0.15) is 63.0 Å². The van der Waals surface area contributed by atoms with Gasteiger partial charge in [0.25, 0.3) is 0 Å². The first kappa shape index (κ1) is 15.2. The zero-order chi connectivity index (χ0) is 14.5. The summed E-state index contributed by atoms with van der Waals surface area (Å²) in [4.78, 5) is 0. The van der Waals surface area contributed by atoms with Crippen molar-refractivity contribution in [3.8, 4) is 0 Å². The van der Waals surface area contributed by atoms with E-state index in [0.29, 0.717) is 11.1 Å². The van der Waals surface area contributed by atoms with Crippen LogP contribution in [-0.4, -0.2) is 0 Å². The normalized spacial score (nSPS) is 19.0. The highest BCUT2D eigenvalue weighted by Gasteiger charge is 2.19. The molecule has 1 aromatic carbocycles. The van der Waals surface area contributed by atoms with Crippen molar-refractivity contribution in [2.75, 3.05) is 0 Å². The highest BCUT2D eigenvalue weighted by atomic mass is 19.2. The summed E-state index contributed by atoms with van der Waals surface area (Å²) >= 11 is 0. The standard InChI is InChI=1S/C18H24F2/c1-3-4-5-6-14-8-10-15(11-9-14)16-12-7-13(2)17(19)18(16)20/h7,10,12,14H,3-6,8-9,11H2,1-2H3. The molecule has 0 bridgehead atoms. The van der Waals surface area contributed by atoms with Crippen molar-refractivity contribution >= 4 is 5.57 Å². The minimum Gasteiger partial charge on any atom is -0.203 e. The SMILES string of the molecule is CCCCCC1CC=C(c2ccc(C)c(F)c2F)CC1. The maximum absolute atomic E-state index is 14.0. The topological polar surface area (TPSA) is 0 Å². The number of halogens is 2. The molecule has 1 aliphatic carbocycles. The van der Waals surface area contributed by atoms with Crippen molar-refractivity contribution in [1.82, 2.24) is 0 Å². The van der Waals surface area contributed by atoms with E-state index in [0.717, 1.165) is 30.8 Å². The van der Waals surface area contributed by atoms with Crippen LogP contribution in [0.3, 0.4) is 0 Å². The van der Waals surface area contributed by atoms with E-state index in [-0.39, 0.29) is 0 Å². The molecule has 1 aliphatic rings. The van der Waals surface area contributed by atoms with E-state index in [1.807, 2.05) is 0 Å². The molecule has 0 saturated carbocycles. The summed E-state index contributed by atoms with van der Waals surface area (Å²) < 4.78 is 27.6. The van der Waals surface area contributed by atoms with Crippen molar-refractivity contribution in [2.24, 2.45) is 5.92 Å². The molecule has 0 saturated heterocycles. The van der Waals surface area contributed by atoms with Gasteiger partial charge in [-0.1, -0.05) is 50.8 Å². The van der Waals surface area contributed by atoms with Gasteiger partial charge in [-0.3, -0.25) is 0 Å². The number of hydrogen-bond acceptors (Lipinski definition) is 0. The van der Waals surface area contributed by atoms with Crippen LogP contribution in [0.5, 0.6) is 0 Å². The van der Waals surface area contributed by atoms with Crippen LogP contribution >= 0.6 is 0 Å². The molecule has 2 rings (SSSR count). The largest absolute Gasteiger partial charge is 0.203 e. The van der Waals surface area contributed by atoms with Crippen LogP contribution in [0.4, 0.5) is 8.78 Å². The summed E-state index contributed by atoms with van der Waals surface area (Å²) in [6.45, 7) is 3.81. The summed E-state index contributed by atoms with van der Waals surface area (Å²) in [7, 11) is 0. The van der Waals surface area contributed by atoms with Crippen LogP contribution in [0, 0.1) is 24.5 Å². The van der Waals surface area contributed by atoms with Crippen LogP contribution in [0.2, 0.25) is 0 Å². The Morgan fingerprint density at radius 2 is 1.95 bits per heavy atom.